The molecule has 2 atom stereocenters. The lowest BCUT2D eigenvalue weighted by atomic mass is 10.1. The van der Waals surface area contributed by atoms with Gasteiger partial charge >= 0.3 is 0 Å². The van der Waals surface area contributed by atoms with Crippen molar-refractivity contribution in [2.45, 2.75) is 24.2 Å². The molecule has 3 aromatic rings. The summed E-state index contributed by atoms with van der Waals surface area (Å²) < 4.78 is 16.0. The molecule has 1 fully saturated rings. The van der Waals surface area contributed by atoms with Gasteiger partial charge in [-0.3, -0.25) is 9.36 Å². The largest absolute Gasteiger partial charge is 0.322 e. The van der Waals surface area contributed by atoms with E-state index < -0.39 is 12.8 Å². The summed E-state index contributed by atoms with van der Waals surface area (Å²) in [4.78, 5) is 17.1. The van der Waals surface area contributed by atoms with Gasteiger partial charge in [0.1, 0.15) is 19.1 Å². The zero-order valence-electron chi connectivity index (χ0n) is 13.1. The van der Waals surface area contributed by atoms with Crippen LogP contribution >= 0.6 is 30.1 Å². The van der Waals surface area contributed by atoms with Crippen molar-refractivity contribution in [3.63, 3.8) is 0 Å². The van der Waals surface area contributed by atoms with E-state index in [1.807, 2.05) is 23.6 Å². The molecule has 0 aliphatic heterocycles. The average Bonchev–Trinajstić information content (AvgIpc) is 3.13. The molecular weight excluding hydrogens is 363 g/mol. The molecule has 7 heteroatoms. The molecule has 4 nitrogen and oxygen atoms in total. The van der Waals surface area contributed by atoms with Crippen LogP contribution in [0.25, 0.3) is 10.1 Å². The summed E-state index contributed by atoms with van der Waals surface area (Å²) in [5.41, 5.74) is 0.324. The van der Waals surface area contributed by atoms with Crippen molar-refractivity contribution in [1.29, 1.82) is 0 Å². The Morgan fingerprint density at radius 1 is 1.46 bits per heavy atom. The Morgan fingerprint density at radius 2 is 2.25 bits per heavy atom. The summed E-state index contributed by atoms with van der Waals surface area (Å²) >= 11 is 7.71. The number of rotatable bonds is 4. The van der Waals surface area contributed by atoms with E-state index >= 15 is 0 Å². The summed E-state index contributed by atoms with van der Waals surface area (Å²) in [6.45, 7) is 1.78. The standard InChI is InChI=1S/C17H16ClN2O2PS/c1-23(22,12-3-4-12)16(17(21)20-7-6-19-10-20)14-9-24-15-5-2-11(18)8-13(14)15/h2,5-10,12,16H,3-4H2,1H3. The zero-order valence-corrected chi connectivity index (χ0v) is 15.5. The predicted molar refractivity (Wildman–Crippen MR) is 99.0 cm³/mol. The first-order chi connectivity index (χ1) is 11.5. The van der Waals surface area contributed by atoms with Crippen LogP contribution in [0.1, 0.15) is 28.9 Å². The number of carbonyl (C=O) groups is 1. The minimum atomic E-state index is -2.70. The van der Waals surface area contributed by atoms with E-state index in [1.54, 1.807) is 30.4 Å². The summed E-state index contributed by atoms with van der Waals surface area (Å²) in [5, 5.41) is 3.50. The van der Waals surface area contributed by atoms with Gasteiger partial charge in [-0.15, -0.1) is 11.3 Å². The van der Waals surface area contributed by atoms with Crippen molar-refractivity contribution in [2.24, 2.45) is 0 Å². The number of thiophene rings is 1. The van der Waals surface area contributed by atoms with E-state index in [4.69, 9.17) is 11.6 Å². The monoisotopic (exact) mass is 378 g/mol. The summed E-state index contributed by atoms with van der Waals surface area (Å²) in [6.07, 6.45) is 6.53. The minimum Gasteiger partial charge on any atom is -0.322 e. The van der Waals surface area contributed by atoms with Gasteiger partial charge in [-0.2, -0.15) is 0 Å². The Morgan fingerprint density at radius 3 is 2.92 bits per heavy atom. The van der Waals surface area contributed by atoms with Crippen molar-refractivity contribution in [2.75, 3.05) is 6.66 Å². The average molecular weight is 379 g/mol. The summed E-state index contributed by atoms with van der Waals surface area (Å²) in [6, 6.07) is 5.65. The third kappa shape index (κ3) is 2.65. The van der Waals surface area contributed by atoms with Gasteiger partial charge in [0, 0.05) is 27.8 Å². The van der Waals surface area contributed by atoms with Crippen molar-refractivity contribution in [1.82, 2.24) is 9.55 Å². The number of aromatic nitrogens is 2. The van der Waals surface area contributed by atoms with Gasteiger partial charge in [-0.1, -0.05) is 11.6 Å². The molecule has 2 unspecified atom stereocenters. The molecule has 124 valence electrons. The fraction of sp³-hybridized carbons (Fsp3) is 0.294. The molecule has 2 heterocycles. The highest BCUT2D eigenvalue weighted by Gasteiger charge is 2.47. The lowest BCUT2D eigenvalue weighted by molar-refractivity contribution is 0.0906. The Bertz CT molecular complexity index is 962. The smallest absolute Gasteiger partial charge is 0.246 e. The number of hydrogen-bond acceptors (Lipinski definition) is 4. The molecule has 1 aromatic carbocycles. The molecule has 0 N–H and O–H groups in total. The van der Waals surface area contributed by atoms with Gasteiger partial charge in [0.2, 0.25) is 5.91 Å². The normalized spacial score (nSPS) is 18.4. The van der Waals surface area contributed by atoms with Crippen molar-refractivity contribution in [3.8, 4) is 0 Å². The molecule has 0 bridgehead atoms. The van der Waals surface area contributed by atoms with E-state index in [9.17, 15) is 9.36 Å². The summed E-state index contributed by atoms with van der Waals surface area (Å²) in [5.74, 6) is -0.176. The molecule has 24 heavy (non-hydrogen) atoms. The topological polar surface area (TPSA) is 52.0 Å². The Kier molecular flexibility index (Phi) is 3.91. The molecule has 2 aromatic heterocycles. The lowest BCUT2D eigenvalue weighted by Crippen LogP contribution is -2.20. The maximum absolute atomic E-state index is 13.6. The Labute approximate surface area is 148 Å². The van der Waals surface area contributed by atoms with Gasteiger partial charge in [0.05, 0.1) is 0 Å². The maximum atomic E-state index is 13.6. The number of hydrogen-bond donors (Lipinski definition) is 0. The van der Waals surface area contributed by atoms with Gasteiger partial charge in [0.25, 0.3) is 0 Å². The highest BCUT2D eigenvalue weighted by Crippen LogP contribution is 2.68. The zero-order chi connectivity index (χ0) is 16.9. The Hall–Kier alpha value is -1.42. The number of nitrogens with zero attached hydrogens (tertiary/aromatic N) is 2. The molecule has 1 aliphatic rings. The second-order valence-electron chi connectivity index (χ2n) is 6.33. The van der Waals surface area contributed by atoms with Crippen LogP contribution in [0.4, 0.5) is 0 Å². The van der Waals surface area contributed by atoms with Crippen LogP contribution in [0.3, 0.4) is 0 Å². The first-order valence-electron chi connectivity index (χ1n) is 7.74. The SMILES string of the molecule is CP(=O)(C1CC1)C(C(=O)n1ccnc1)c1csc2ccc(Cl)cc12. The molecule has 1 aliphatic carbocycles. The van der Waals surface area contributed by atoms with E-state index in [2.05, 4.69) is 4.98 Å². The van der Waals surface area contributed by atoms with Crippen LogP contribution < -0.4 is 0 Å². The molecular formula is C17H16ClN2O2PS. The third-order valence-electron chi connectivity index (χ3n) is 4.64. The molecule has 4 rings (SSSR count). The number of benzene rings is 1. The molecule has 0 radical (unpaired) electrons. The van der Waals surface area contributed by atoms with Gasteiger partial charge < -0.3 is 4.57 Å². The number of imidazole rings is 1. The van der Waals surface area contributed by atoms with E-state index in [1.165, 1.54) is 10.9 Å². The highest BCUT2D eigenvalue weighted by atomic mass is 35.5. The van der Waals surface area contributed by atoms with Crippen molar-refractivity contribution < 1.29 is 9.36 Å². The second-order valence-corrected chi connectivity index (χ2v) is 11.0. The third-order valence-corrected chi connectivity index (χ3v) is 9.35. The second kappa shape index (κ2) is 5.83. The van der Waals surface area contributed by atoms with Gasteiger partial charge in [0.15, 0.2) is 0 Å². The van der Waals surface area contributed by atoms with E-state index in [0.29, 0.717) is 5.02 Å². The van der Waals surface area contributed by atoms with Gasteiger partial charge in [-0.25, -0.2) is 4.98 Å². The van der Waals surface area contributed by atoms with E-state index in [0.717, 1.165) is 28.5 Å². The van der Waals surface area contributed by atoms with Gasteiger partial charge in [-0.05, 0) is 54.0 Å². The molecule has 1 saturated carbocycles. The highest BCUT2D eigenvalue weighted by molar-refractivity contribution is 7.65. The fourth-order valence-corrected chi connectivity index (χ4v) is 7.36. The Balaban J connectivity index is 1.90. The van der Waals surface area contributed by atoms with Crippen molar-refractivity contribution >= 4 is 46.1 Å². The number of fused-ring (bicyclic) bond motifs is 1. The lowest BCUT2D eigenvalue weighted by Gasteiger charge is -2.23. The van der Waals surface area contributed by atoms with E-state index in [-0.39, 0.29) is 11.6 Å². The molecule has 0 amide bonds. The van der Waals surface area contributed by atoms with Crippen LogP contribution in [-0.2, 0) is 4.57 Å². The molecule has 0 saturated heterocycles. The minimum absolute atomic E-state index is 0.143. The first kappa shape index (κ1) is 16.1. The number of carbonyl (C=O) groups excluding carboxylic acids is 1. The van der Waals surface area contributed by atoms with Crippen molar-refractivity contribution in [3.05, 3.63) is 52.9 Å². The quantitative estimate of drug-likeness (QED) is 0.580. The molecule has 0 spiro atoms. The van der Waals surface area contributed by atoms with Crippen LogP contribution in [0.15, 0.2) is 42.3 Å². The van der Waals surface area contributed by atoms with Crippen LogP contribution in [0.5, 0.6) is 0 Å². The number of halogens is 1. The predicted octanol–water partition coefficient (Wildman–Crippen LogP) is 5.29. The summed E-state index contributed by atoms with van der Waals surface area (Å²) in [7, 11) is -2.70. The fourth-order valence-electron chi connectivity index (χ4n) is 3.19. The van der Waals surface area contributed by atoms with Crippen LogP contribution in [-0.4, -0.2) is 27.8 Å². The maximum Gasteiger partial charge on any atom is 0.246 e. The van der Waals surface area contributed by atoms with Crippen LogP contribution in [0, 0.1) is 0 Å². The van der Waals surface area contributed by atoms with Crippen LogP contribution in [0.2, 0.25) is 5.02 Å². The first-order valence-corrected chi connectivity index (χ1v) is 11.3.